The molecule has 0 spiro atoms. The fourth-order valence-electron chi connectivity index (χ4n) is 2.42. The first kappa shape index (κ1) is 14.8. The van der Waals surface area contributed by atoms with E-state index in [2.05, 4.69) is 13.8 Å². The van der Waals surface area contributed by atoms with E-state index in [-0.39, 0.29) is 16.6 Å². The van der Waals surface area contributed by atoms with Gasteiger partial charge in [-0.05, 0) is 30.4 Å². The van der Waals surface area contributed by atoms with Crippen LogP contribution in [0.15, 0.2) is 18.2 Å². The van der Waals surface area contributed by atoms with E-state index >= 15 is 0 Å². The number of rotatable bonds is 2. The van der Waals surface area contributed by atoms with Crippen LogP contribution < -0.4 is 0 Å². The second-order valence-electron chi connectivity index (χ2n) is 5.42. The summed E-state index contributed by atoms with van der Waals surface area (Å²) in [7, 11) is 0. The molecule has 2 atom stereocenters. The zero-order valence-corrected chi connectivity index (χ0v) is 12.3. The molecule has 1 fully saturated rings. The molecule has 1 amide bonds. The molecule has 0 aromatic heterocycles. The Balaban J connectivity index is 2.21. The highest BCUT2D eigenvalue weighted by atomic mass is 35.5. The van der Waals surface area contributed by atoms with E-state index in [0.29, 0.717) is 30.5 Å². The van der Waals surface area contributed by atoms with Crippen molar-refractivity contribution in [3.63, 3.8) is 0 Å². The number of carbonyl (C=O) groups excluding carboxylic acids is 1. The van der Waals surface area contributed by atoms with Crippen LogP contribution in [-0.4, -0.2) is 28.8 Å². The highest BCUT2D eigenvalue weighted by Gasteiger charge is 2.27. The summed E-state index contributed by atoms with van der Waals surface area (Å²) >= 11 is 5.76. The minimum atomic E-state index is -0.569. The molecule has 0 bridgehead atoms. The normalized spacial score (nSPS) is 22.6. The fraction of sp³-hybridized carbons (Fsp3) is 0.500. The monoisotopic (exact) mass is 296 g/mol. The minimum absolute atomic E-state index is 0.0483. The van der Waals surface area contributed by atoms with Gasteiger partial charge in [0.2, 0.25) is 0 Å². The van der Waals surface area contributed by atoms with Crippen molar-refractivity contribution in [3.05, 3.63) is 38.9 Å². The highest BCUT2D eigenvalue weighted by molar-refractivity contribution is 6.32. The van der Waals surface area contributed by atoms with Crippen LogP contribution >= 0.6 is 11.6 Å². The van der Waals surface area contributed by atoms with Gasteiger partial charge in [-0.15, -0.1) is 0 Å². The van der Waals surface area contributed by atoms with Crippen molar-refractivity contribution in [2.24, 2.45) is 11.8 Å². The van der Waals surface area contributed by atoms with Crippen molar-refractivity contribution in [1.29, 1.82) is 0 Å². The number of halogens is 1. The molecule has 0 aliphatic carbocycles. The van der Waals surface area contributed by atoms with Crippen molar-refractivity contribution in [2.45, 2.75) is 20.3 Å². The van der Waals surface area contributed by atoms with Gasteiger partial charge in [0.1, 0.15) is 5.02 Å². The van der Waals surface area contributed by atoms with Crippen LogP contribution in [0.4, 0.5) is 5.69 Å². The van der Waals surface area contributed by atoms with Crippen LogP contribution in [0.5, 0.6) is 0 Å². The van der Waals surface area contributed by atoms with Gasteiger partial charge < -0.3 is 4.90 Å². The Morgan fingerprint density at radius 2 is 2.10 bits per heavy atom. The second kappa shape index (κ2) is 5.79. The van der Waals surface area contributed by atoms with Crippen molar-refractivity contribution in [1.82, 2.24) is 4.90 Å². The van der Waals surface area contributed by atoms with Crippen molar-refractivity contribution < 1.29 is 9.72 Å². The number of hydrogen-bond acceptors (Lipinski definition) is 3. The number of nitro benzene ring substituents is 1. The molecule has 108 valence electrons. The average Bonchev–Trinajstić information content (AvgIpc) is 2.41. The van der Waals surface area contributed by atoms with Crippen LogP contribution in [-0.2, 0) is 0 Å². The first-order chi connectivity index (χ1) is 9.40. The van der Waals surface area contributed by atoms with Crippen LogP contribution in [0.25, 0.3) is 0 Å². The number of benzene rings is 1. The molecule has 2 unspecified atom stereocenters. The third kappa shape index (κ3) is 2.93. The summed E-state index contributed by atoms with van der Waals surface area (Å²) < 4.78 is 0. The maximum atomic E-state index is 12.4. The van der Waals surface area contributed by atoms with Crippen LogP contribution in [0.1, 0.15) is 30.6 Å². The van der Waals surface area contributed by atoms with Crippen LogP contribution in [0.2, 0.25) is 5.02 Å². The van der Waals surface area contributed by atoms with Gasteiger partial charge in [0, 0.05) is 24.7 Å². The zero-order valence-electron chi connectivity index (χ0n) is 11.5. The fourth-order valence-corrected chi connectivity index (χ4v) is 2.60. The first-order valence-corrected chi connectivity index (χ1v) is 7.01. The Morgan fingerprint density at radius 1 is 1.40 bits per heavy atom. The molecule has 2 rings (SSSR count). The Morgan fingerprint density at radius 3 is 2.70 bits per heavy atom. The number of hydrogen-bond donors (Lipinski definition) is 0. The quantitative estimate of drug-likeness (QED) is 0.621. The summed E-state index contributed by atoms with van der Waals surface area (Å²) in [6.07, 6.45) is 0.961. The standard InChI is InChI=1S/C14H17ClN2O3/c1-9-5-6-16(8-10(9)2)14(18)11-3-4-12(15)13(7-11)17(19)20/h3-4,7,9-10H,5-6,8H2,1-2H3. The lowest BCUT2D eigenvalue weighted by Crippen LogP contribution is -2.42. The van der Waals surface area contributed by atoms with E-state index < -0.39 is 4.92 Å². The molecule has 1 aliphatic rings. The summed E-state index contributed by atoms with van der Waals surface area (Å²) in [5.41, 5.74) is 0.0961. The van der Waals surface area contributed by atoms with Crippen molar-refractivity contribution in [2.75, 3.05) is 13.1 Å². The molecular formula is C14H17ClN2O3. The largest absolute Gasteiger partial charge is 0.338 e. The Labute approximate surface area is 122 Å². The summed E-state index contributed by atoms with van der Waals surface area (Å²) in [6.45, 7) is 5.69. The SMILES string of the molecule is CC1CCN(C(=O)c2ccc(Cl)c([N+](=O)[O-])c2)CC1C. The topological polar surface area (TPSA) is 63.5 Å². The summed E-state index contributed by atoms with van der Waals surface area (Å²) in [6, 6.07) is 4.21. The summed E-state index contributed by atoms with van der Waals surface area (Å²) in [5, 5.41) is 10.9. The molecule has 1 aliphatic heterocycles. The lowest BCUT2D eigenvalue weighted by atomic mass is 9.88. The average molecular weight is 297 g/mol. The van der Waals surface area contributed by atoms with Crippen LogP contribution in [0.3, 0.4) is 0 Å². The predicted octanol–water partition coefficient (Wildman–Crippen LogP) is 3.37. The number of nitrogens with zero attached hydrogens (tertiary/aromatic N) is 2. The van der Waals surface area contributed by atoms with Gasteiger partial charge in [-0.3, -0.25) is 14.9 Å². The highest BCUT2D eigenvalue weighted by Crippen LogP contribution is 2.27. The predicted molar refractivity (Wildman–Crippen MR) is 77.0 cm³/mol. The lowest BCUT2D eigenvalue weighted by molar-refractivity contribution is -0.384. The van der Waals surface area contributed by atoms with E-state index in [9.17, 15) is 14.9 Å². The van der Waals surface area contributed by atoms with Gasteiger partial charge in [-0.25, -0.2) is 0 Å². The van der Waals surface area contributed by atoms with E-state index in [1.54, 1.807) is 11.0 Å². The second-order valence-corrected chi connectivity index (χ2v) is 5.82. The van der Waals surface area contributed by atoms with Gasteiger partial charge in [0.05, 0.1) is 4.92 Å². The van der Waals surface area contributed by atoms with E-state index in [4.69, 9.17) is 11.6 Å². The molecule has 20 heavy (non-hydrogen) atoms. The maximum Gasteiger partial charge on any atom is 0.288 e. The van der Waals surface area contributed by atoms with E-state index in [1.807, 2.05) is 0 Å². The summed E-state index contributed by atoms with van der Waals surface area (Å²) in [4.78, 5) is 24.5. The van der Waals surface area contributed by atoms with Crippen LogP contribution in [0, 0.1) is 22.0 Å². The zero-order chi connectivity index (χ0) is 14.9. The minimum Gasteiger partial charge on any atom is -0.338 e. The molecule has 0 radical (unpaired) electrons. The van der Waals surface area contributed by atoms with Gasteiger partial charge in [0.25, 0.3) is 11.6 Å². The number of nitro groups is 1. The van der Waals surface area contributed by atoms with E-state index in [1.165, 1.54) is 12.1 Å². The number of amides is 1. The molecule has 0 N–H and O–H groups in total. The molecule has 1 saturated heterocycles. The third-order valence-corrected chi connectivity index (χ3v) is 4.33. The molecule has 1 aromatic rings. The number of carbonyl (C=O) groups is 1. The molecule has 1 aromatic carbocycles. The number of piperidine rings is 1. The van der Waals surface area contributed by atoms with Gasteiger partial charge >= 0.3 is 0 Å². The maximum absolute atomic E-state index is 12.4. The smallest absolute Gasteiger partial charge is 0.288 e. The Bertz CT molecular complexity index is 547. The summed E-state index contributed by atoms with van der Waals surface area (Å²) in [5.74, 6) is 0.872. The Hall–Kier alpha value is -1.62. The van der Waals surface area contributed by atoms with Gasteiger partial charge in [-0.1, -0.05) is 25.4 Å². The number of likely N-dealkylation sites (tertiary alicyclic amines) is 1. The molecule has 5 nitrogen and oxygen atoms in total. The lowest BCUT2D eigenvalue weighted by Gasteiger charge is -2.35. The van der Waals surface area contributed by atoms with Crippen molar-refractivity contribution in [3.8, 4) is 0 Å². The Kier molecular flexibility index (Phi) is 4.28. The van der Waals surface area contributed by atoms with Gasteiger partial charge in [0.15, 0.2) is 0 Å². The molecule has 1 heterocycles. The first-order valence-electron chi connectivity index (χ1n) is 6.63. The molecular weight excluding hydrogens is 280 g/mol. The third-order valence-electron chi connectivity index (χ3n) is 4.01. The molecule has 6 heteroatoms. The molecule has 0 saturated carbocycles. The van der Waals surface area contributed by atoms with Crippen molar-refractivity contribution >= 4 is 23.2 Å². The van der Waals surface area contributed by atoms with Gasteiger partial charge in [-0.2, -0.15) is 0 Å². The van der Waals surface area contributed by atoms with E-state index in [0.717, 1.165) is 6.42 Å².